The molecular formula is C17H12F4O5. The van der Waals surface area contributed by atoms with Crippen molar-refractivity contribution in [3.63, 3.8) is 0 Å². The molecule has 0 unspecified atom stereocenters. The molecule has 0 atom stereocenters. The smallest absolute Gasteiger partial charge is 0.210 e. The van der Waals surface area contributed by atoms with Gasteiger partial charge in [0.15, 0.2) is 34.6 Å². The van der Waals surface area contributed by atoms with Crippen LogP contribution < -0.4 is 18.9 Å². The van der Waals surface area contributed by atoms with E-state index in [0.29, 0.717) is 0 Å². The SMILES string of the molecule is COc1c(F)c(OC)c2c(c1F)-c1c(F)c(OC)c(F)c(OC)c1C2=O. The lowest BCUT2D eigenvalue weighted by atomic mass is 10.0. The lowest BCUT2D eigenvalue weighted by Gasteiger charge is -2.14. The molecule has 9 heteroatoms. The average molecular weight is 372 g/mol. The molecule has 0 radical (unpaired) electrons. The van der Waals surface area contributed by atoms with Gasteiger partial charge in [0.05, 0.1) is 39.6 Å². The summed E-state index contributed by atoms with van der Waals surface area (Å²) in [6, 6.07) is 0. The van der Waals surface area contributed by atoms with Crippen LogP contribution in [0, 0.1) is 23.3 Å². The zero-order chi connectivity index (χ0) is 19.3. The van der Waals surface area contributed by atoms with Crippen LogP contribution in [0.4, 0.5) is 17.6 Å². The van der Waals surface area contributed by atoms with E-state index in [2.05, 4.69) is 9.47 Å². The molecule has 2 aromatic carbocycles. The van der Waals surface area contributed by atoms with Crippen molar-refractivity contribution < 1.29 is 41.3 Å². The van der Waals surface area contributed by atoms with Crippen molar-refractivity contribution in [3.8, 4) is 34.1 Å². The number of methoxy groups -OCH3 is 4. The van der Waals surface area contributed by atoms with Crippen LogP contribution in [0.3, 0.4) is 0 Å². The van der Waals surface area contributed by atoms with Gasteiger partial charge in [0.25, 0.3) is 0 Å². The van der Waals surface area contributed by atoms with Gasteiger partial charge in [0, 0.05) is 11.1 Å². The summed E-state index contributed by atoms with van der Waals surface area (Å²) in [5.41, 5.74) is -2.42. The van der Waals surface area contributed by atoms with E-state index in [1.165, 1.54) is 0 Å². The fourth-order valence-corrected chi connectivity index (χ4v) is 3.06. The number of hydrogen-bond acceptors (Lipinski definition) is 5. The number of halogens is 4. The predicted octanol–water partition coefficient (Wildman–Crippen LogP) is 3.49. The molecule has 0 aliphatic heterocycles. The van der Waals surface area contributed by atoms with E-state index < -0.39 is 74.3 Å². The number of rotatable bonds is 4. The van der Waals surface area contributed by atoms with Crippen LogP contribution in [-0.2, 0) is 0 Å². The molecule has 1 aliphatic rings. The highest BCUT2D eigenvalue weighted by molar-refractivity contribution is 6.25. The van der Waals surface area contributed by atoms with Gasteiger partial charge in [-0.2, -0.15) is 8.78 Å². The molecular weight excluding hydrogens is 360 g/mol. The molecule has 0 saturated carbocycles. The summed E-state index contributed by atoms with van der Waals surface area (Å²) in [5.74, 6) is -9.32. The van der Waals surface area contributed by atoms with Gasteiger partial charge >= 0.3 is 0 Å². The number of carbonyl (C=O) groups is 1. The second kappa shape index (κ2) is 6.08. The Labute approximate surface area is 145 Å². The summed E-state index contributed by atoms with van der Waals surface area (Å²) in [6.07, 6.45) is 0. The third-order valence-electron chi connectivity index (χ3n) is 4.11. The van der Waals surface area contributed by atoms with Gasteiger partial charge < -0.3 is 18.9 Å². The van der Waals surface area contributed by atoms with Gasteiger partial charge in [-0.05, 0) is 0 Å². The van der Waals surface area contributed by atoms with Crippen molar-refractivity contribution in [1.29, 1.82) is 0 Å². The standard InChI is InChI=1S/C17H12F4O5/c1-23-14-7-5(9(18)16(25-3)11(14)20)6-8(13(7)22)15(24-2)12(21)17(26-4)10(6)19/h1-4H3. The molecule has 0 bridgehead atoms. The number of ether oxygens (including phenoxy) is 4. The van der Waals surface area contributed by atoms with Crippen molar-refractivity contribution in [3.05, 3.63) is 34.4 Å². The van der Waals surface area contributed by atoms with Crippen molar-refractivity contribution >= 4 is 5.78 Å². The van der Waals surface area contributed by atoms with Crippen LogP contribution in [0.15, 0.2) is 0 Å². The maximum absolute atomic E-state index is 14.8. The van der Waals surface area contributed by atoms with Crippen LogP contribution in [0.1, 0.15) is 15.9 Å². The molecule has 0 heterocycles. The molecule has 138 valence electrons. The van der Waals surface area contributed by atoms with Gasteiger partial charge in [-0.25, -0.2) is 8.78 Å². The monoisotopic (exact) mass is 372 g/mol. The molecule has 2 aromatic rings. The van der Waals surface area contributed by atoms with Crippen molar-refractivity contribution in [1.82, 2.24) is 0 Å². The minimum absolute atomic E-state index is 0.594. The second-order valence-electron chi connectivity index (χ2n) is 5.22. The van der Waals surface area contributed by atoms with Crippen LogP contribution >= 0.6 is 0 Å². The third-order valence-corrected chi connectivity index (χ3v) is 4.11. The van der Waals surface area contributed by atoms with Crippen molar-refractivity contribution in [2.45, 2.75) is 0 Å². The fourth-order valence-electron chi connectivity index (χ4n) is 3.06. The molecule has 0 aromatic heterocycles. The summed E-state index contributed by atoms with van der Waals surface area (Å²) in [7, 11) is 4.07. The second-order valence-corrected chi connectivity index (χ2v) is 5.22. The number of carbonyl (C=O) groups excluding carboxylic acids is 1. The van der Waals surface area contributed by atoms with E-state index in [1.807, 2.05) is 0 Å². The Morgan fingerprint density at radius 1 is 0.500 bits per heavy atom. The van der Waals surface area contributed by atoms with Gasteiger partial charge in [-0.1, -0.05) is 0 Å². The van der Waals surface area contributed by atoms with Crippen LogP contribution in [0.5, 0.6) is 23.0 Å². The molecule has 0 saturated heterocycles. The molecule has 0 fully saturated rings. The summed E-state index contributed by atoms with van der Waals surface area (Å²) >= 11 is 0. The Balaban J connectivity index is 2.57. The maximum atomic E-state index is 14.8. The zero-order valence-electron chi connectivity index (χ0n) is 14.1. The Morgan fingerprint density at radius 3 is 1.08 bits per heavy atom. The van der Waals surface area contributed by atoms with E-state index in [4.69, 9.17) is 9.47 Å². The number of benzene rings is 2. The summed E-state index contributed by atoms with van der Waals surface area (Å²) in [6.45, 7) is 0. The zero-order valence-corrected chi connectivity index (χ0v) is 14.1. The minimum atomic E-state index is -1.33. The Hall–Kier alpha value is -2.97. The first kappa shape index (κ1) is 17.8. The molecule has 0 spiro atoms. The van der Waals surface area contributed by atoms with E-state index in [-0.39, 0.29) is 0 Å². The summed E-state index contributed by atoms with van der Waals surface area (Å²) < 4.78 is 77.6. The molecule has 0 N–H and O–H groups in total. The highest BCUT2D eigenvalue weighted by atomic mass is 19.1. The number of fused-ring (bicyclic) bond motifs is 3. The van der Waals surface area contributed by atoms with E-state index in [0.717, 1.165) is 28.4 Å². The van der Waals surface area contributed by atoms with Gasteiger partial charge in [-0.15, -0.1) is 0 Å². The van der Waals surface area contributed by atoms with Gasteiger partial charge in [-0.3, -0.25) is 4.79 Å². The van der Waals surface area contributed by atoms with Crippen LogP contribution in [0.2, 0.25) is 0 Å². The molecule has 1 aliphatic carbocycles. The lowest BCUT2D eigenvalue weighted by molar-refractivity contribution is 0.103. The van der Waals surface area contributed by atoms with Crippen molar-refractivity contribution in [2.24, 2.45) is 0 Å². The third kappa shape index (κ3) is 2.00. The first-order valence-corrected chi connectivity index (χ1v) is 7.16. The fraction of sp³-hybridized carbons (Fsp3) is 0.235. The van der Waals surface area contributed by atoms with Gasteiger partial charge in [0.2, 0.25) is 17.4 Å². The summed E-state index contributed by atoms with van der Waals surface area (Å²) in [4.78, 5) is 12.7. The lowest BCUT2D eigenvalue weighted by Crippen LogP contribution is -2.06. The predicted molar refractivity (Wildman–Crippen MR) is 81.4 cm³/mol. The molecule has 26 heavy (non-hydrogen) atoms. The topological polar surface area (TPSA) is 54.0 Å². The minimum Gasteiger partial charge on any atom is -0.493 e. The van der Waals surface area contributed by atoms with Crippen LogP contribution in [-0.4, -0.2) is 34.2 Å². The van der Waals surface area contributed by atoms with Crippen molar-refractivity contribution in [2.75, 3.05) is 28.4 Å². The van der Waals surface area contributed by atoms with E-state index in [9.17, 15) is 22.4 Å². The normalized spacial score (nSPS) is 11.9. The molecule has 5 nitrogen and oxygen atoms in total. The van der Waals surface area contributed by atoms with E-state index >= 15 is 0 Å². The number of hydrogen-bond donors (Lipinski definition) is 0. The Kier molecular flexibility index (Phi) is 4.17. The highest BCUT2D eigenvalue weighted by Gasteiger charge is 2.44. The quantitative estimate of drug-likeness (QED) is 0.657. The van der Waals surface area contributed by atoms with E-state index in [1.54, 1.807) is 0 Å². The van der Waals surface area contributed by atoms with Gasteiger partial charge in [0.1, 0.15) is 0 Å². The number of ketones is 1. The maximum Gasteiger partial charge on any atom is 0.210 e. The molecule has 3 rings (SSSR count). The Bertz CT molecular complexity index is 880. The first-order valence-electron chi connectivity index (χ1n) is 7.16. The highest BCUT2D eigenvalue weighted by Crippen LogP contribution is 2.53. The first-order chi connectivity index (χ1) is 12.3. The largest absolute Gasteiger partial charge is 0.493 e. The average Bonchev–Trinajstić information content (AvgIpc) is 2.91. The molecule has 0 amide bonds. The Morgan fingerprint density at radius 2 is 0.808 bits per heavy atom. The summed E-state index contributed by atoms with van der Waals surface area (Å²) in [5, 5.41) is 0. The van der Waals surface area contributed by atoms with Crippen LogP contribution in [0.25, 0.3) is 11.1 Å².